The summed E-state index contributed by atoms with van der Waals surface area (Å²) in [4.78, 5) is 11.5. The molecule has 0 amide bonds. The third-order valence-corrected chi connectivity index (χ3v) is 7.23. The Balaban J connectivity index is 2.34. The number of unbranched alkanes of at least 4 members (excludes halogenated alkanes) is 4. The number of hydrogen-bond acceptors (Lipinski definition) is 3. The van der Waals surface area contributed by atoms with Crippen molar-refractivity contribution in [1.29, 1.82) is 0 Å². The summed E-state index contributed by atoms with van der Waals surface area (Å²) < 4.78 is 6.22. The van der Waals surface area contributed by atoms with Gasteiger partial charge in [0, 0.05) is 24.4 Å². The molecule has 0 bridgehead atoms. The average Bonchev–Trinajstić information content (AvgIpc) is 2.80. The molecule has 2 radical (unpaired) electrons. The molecule has 0 aromatic heterocycles. The van der Waals surface area contributed by atoms with Crippen LogP contribution in [0, 0.1) is 23.1 Å². The molecule has 194 valence electrons. The van der Waals surface area contributed by atoms with Crippen molar-refractivity contribution in [1.82, 2.24) is 0 Å². The molecule has 0 aromatic rings. The summed E-state index contributed by atoms with van der Waals surface area (Å²) in [6.07, 6.45) is 31.0. The number of nitrogens with zero attached hydrogens (tertiary/aromatic N) is 1. The Morgan fingerprint density at radius 2 is 1.18 bits per heavy atom. The molecular formula is C29H55NO3. The minimum absolute atomic E-state index is 0.0427. The Kier molecular flexibility index (Phi) is 21.3. The van der Waals surface area contributed by atoms with Crippen molar-refractivity contribution in [2.75, 3.05) is 6.61 Å². The van der Waals surface area contributed by atoms with Crippen molar-refractivity contribution in [3.63, 3.8) is 0 Å². The molecule has 0 saturated carbocycles. The monoisotopic (exact) mass is 465 g/mol. The number of ether oxygens (including phenoxy) is 1. The minimum atomic E-state index is -0.381. The van der Waals surface area contributed by atoms with E-state index >= 15 is 0 Å². The highest BCUT2D eigenvalue weighted by molar-refractivity contribution is 4.79. The van der Waals surface area contributed by atoms with Crippen LogP contribution in [0.5, 0.6) is 0 Å². The second kappa shape index (κ2) is 23.1. The van der Waals surface area contributed by atoms with Crippen LogP contribution < -0.4 is 0 Å². The summed E-state index contributed by atoms with van der Waals surface area (Å²) in [6, 6.07) is -0.381. The fourth-order valence-electron chi connectivity index (χ4n) is 5.01. The van der Waals surface area contributed by atoms with E-state index in [0.717, 1.165) is 70.8 Å². The van der Waals surface area contributed by atoms with Crippen LogP contribution in [0.25, 0.3) is 0 Å². The molecule has 1 saturated heterocycles. The fourth-order valence-corrected chi connectivity index (χ4v) is 5.01. The van der Waals surface area contributed by atoms with E-state index in [2.05, 4.69) is 6.92 Å². The fraction of sp³-hybridized carbons (Fsp3) is 0.931. The zero-order valence-corrected chi connectivity index (χ0v) is 21.8. The van der Waals surface area contributed by atoms with Gasteiger partial charge in [-0.2, -0.15) is 0 Å². The van der Waals surface area contributed by atoms with Gasteiger partial charge in [-0.15, -0.1) is 0 Å². The van der Waals surface area contributed by atoms with Gasteiger partial charge in [0.25, 0.3) is 0 Å². The van der Waals surface area contributed by atoms with Crippen LogP contribution in [0.15, 0.2) is 0 Å². The van der Waals surface area contributed by atoms with Crippen molar-refractivity contribution in [3.05, 3.63) is 23.1 Å². The second-order valence-electron chi connectivity index (χ2n) is 10.3. The summed E-state index contributed by atoms with van der Waals surface area (Å²) in [7, 11) is 0. The Bertz CT molecular complexity index is 409. The van der Waals surface area contributed by atoms with Gasteiger partial charge in [0.1, 0.15) is 0 Å². The van der Waals surface area contributed by atoms with Gasteiger partial charge in [-0.1, -0.05) is 122 Å². The molecule has 1 aliphatic heterocycles. The summed E-state index contributed by atoms with van der Waals surface area (Å²) >= 11 is 0. The largest absolute Gasteiger partial charge is 0.372 e. The molecule has 1 aliphatic rings. The first-order valence-electron chi connectivity index (χ1n) is 14.6. The topological polar surface area (TPSA) is 52.4 Å². The molecule has 33 heavy (non-hydrogen) atoms. The lowest BCUT2D eigenvalue weighted by atomic mass is 9.99. The van der Waals surface area contributed by atoms with E-state index in [4.69, 9.17) is 4.74 Å². The summed E-state index contributed by atoms with van der Waals surface area (Å²) in [5.74, 6) is 0. The SMILES string of the molecule is [CH2]CCCCCCC(CCC[C]1CCCCCCCCCCCCCCCCCO1)[N+](=O)[O-]. The zero-order chi connectivity index (χ0) is 23.8. The highest BCUT2D eigenvalue weighted by atomic mass is 16.6. The van der Waals surface area contributed by atoms with Crippen molar-refractivity contribution in [3.8, 4) is 0 Å². The lowest BCUT2D eigenvalue weighted by Crippen LogP contribution is -2.19. The molecule has 1 rings (SSSR count). The standard InChI is InChI=1S/C29H55NO3/c1-2-3-4-16-19-23-28(30(31)32)24-22-26-29-25-20-17-14-12-10-8-6-5-7-9-11-13-15-18-21-27-33-29/h28H,1-27H2. The van der Waals surface area contributed by atoms with Crippen molar-refractivity contribution in [2.45, 2.75) is 167 Å². The summed E-state index contributed by atoms with van der Waals surface area (Å²) in [5, 5.41) is 11.5. The smallest absolute Gasteiger partial charge is 0.213 e. The van der Waals surface area contributed by atoms with Crippen LogP contribution >= 0.6 is 0 Å². The van der Waals surface area contributed by atoms with E-state index in [9.17, 15) is 10.1 Å². The molecule has 0 aromatic carbocycles. The van der Waals surface area contributed by atoms with Gasteiger partial charge in [0.15, 0.2) is 0 Å². The first-order valence-corrected chi connectivity index (χ1v) is 14.6. The average molecular weight is 466 g/mol. The van der Waals surface area contributed by atoms with Gasteiger partial charge >= 0.3 is 0 Å². The van der Waals surface area contributed by atoms with E-state index < -0.39 is 0 Å². The van der Waals surface area contributed by atoms with Crippen LogP contribution in [0.1, 0.15) is 161 Å². The summed E-state index contributed by atoms with van der Waals surface area (Å²) in [6.45, 7) is 4.70. The molecule has 0 aliphatic carbocycles. The normalized spacial score (nSPS) is 20.4. The highest BCUT2D eigenvalue weighted by Crippen LogP contribution is 2.24. The summed E-state index contributed by atoms with van der Waals surface area (Å²) in [5.41, 5.74) is 0. The van der Waals surface area contributed by atoms with Gasteiger partial charge in [0.2, 0.25) is 6.04 Å². The molecule has 1 heterocycles. The Morgan fingerprint density at radius 3 is 1.73 bits per heavy atom. The van der Waals surface area contributed by atoms with Crippen molar-refractivity contribution in [2.24, 2.45) is 0 Å². The third-order valence-electron chi connectivity index (χ3n) is 7.23. The predicted molar refractivity (Wildman–Crippen MR) is 141 cm³/mol. The Labute approximate surface area is 206 Å². The van der Waals surface area contributed by atoms with Gasteiger partial charge in [-0.05, 0) is 32.1 Å². The van der Waals surface area contributed by atoms with Gasteiger partial charge in [-0.3, -0.25) is 10.1 Å². The molecule has 0 spiro atoms. The maximum atomic E-state index is 11.5. The molecule has 4 heteroatoms. The van der Waals surface area contributed by atoms with Crippen LogP contribution in [-0.2, 0) is 4.74 Å². The van der Waals surface area contributed by atoms with E-state index in [0.29, 0.717) is 6.42 Å². The first kappa shape index (κ1) is 30.4. The van der Waals surface area contributed by atoms with E-state index in [1.54, 1.807) is 0 Å². The molecule has 4 nitrogen and oxygen atoms in total. The highest BCUT2D eigenvalue weighted by Gasteiger charge is 2.20. The Hall–Kier alpha value is -0.640. The Morgan fingerprint density at radius 1 is 0.697 bits per heavy atom. The second-order valence-corrected chi connectivity index (χ2v) is 10.3. The molecule has 1 atom stereocenters. The quantitative estimate of drug-likeness (QED) is 0.173. The molecular weight excluding hydrogens is 410 g/mol. The predicted octanol–water partition coefficient (Wildman–Crippen LogP) is 9.78. The van der Waals surface area contributed by atoms with Gasteiger partial charge in [0.05, 0.1) is 6.10 Å². The molecule has 1 fully saturated rings. The van der Waals surface area contributed by atoms with Gasteiger partial charge in [-0.25, -0.2) is 0 Å². The lowest BCUT2D eigenvalue weighted by molar-refractivity contribution is -0.524. The molecule has 0 N–H and O–H groups in total. The first-order chi connectivity index (χ1) is 16.2. The van der Waals surface area contributed by atoms with E-state index in [1.807, 2.05) is 0 Å². The van der Waals surface area contributed by atoms with Crippen LogP contribution in [-0.4, -0.2) is 17.6 Å². The molecule has 1 unspecified atom stereocenters. The minimum Gasteiger partial charge on any atom is -0.372 e. The van der Waals surface area contributed by atoms with Crippen LogP contribution in [0.3, 0.4) is 0 Å². The maximum Gasteiger partial charge on any atom is 0.213 e. The van der Waals surface area contributed by atoms with Crippen LogP contribution in [0.4, 0.5) is 0 Å². The van der Waals surface area contributed by atoms with E-state index in [-0.39, 0.29) is 11.0 Å². The lowest BCUT2D eigenvalue weighted by Gasteiger charge is -2.18. The third kappa shape index (κ3) is 19.4. The van der Waals surface area contributed by atoms with Crippen molar-refractivity contribution >= 4 is 0 Å². The van der Waals surface area contributed by atoms with Crippen LogP contribution in [0.2, 0.25) is 0 Å². The number of rotatable bonds is 11. The number of hydrogen-bond donors (Lipinski definition) is 0. The van der Waals surface area contributed by atoms with E-state index in [1.165, 1.54) is 96.0 Å². The maximum absolute atomic E-state index is 11.5. The van der Waals surface area contributed by atoms with Gasteiger partial charge < -0.3 is 4.74 Å². The van der Waals surface area contributed by atoms with Crippen molar-refractivity contribution < 1.29 is 9.66 Å². The number of nitro groups is 1. The zero-order valence-electron chi connectivity index (χ0n) is 21.8.